The zero-order chi connectivity index (χ0) is 12.8. The van der Waals surface area contributed by atoms with Crippen molar-refractivity contribution in [1.82, 2.24) is 5.32 Å². The van der Waals surface area contributed by atoms with E-state index in [9.17, 15) is 0 Å². The van der Waals surface area contributed by atoms with Crippen LogP contribution in [0.1, 0.15) is 63.0 Å². The third-order valence-corrected chi connectivity index (χ3v) is 4.08. The molecule has 1 aromatic carbocycles. The summed E-state index contributed by atoms with van der Waals surface area (Å²) in [7, 11) is 0. The van der Waals surface area contributed by atoms with Gasteiger partial charge in [-0.3, -0.25) is 0 Å². The Kier molecular flexibility index (Phi) is 5.25. The van der Waals surface area contributed by atoms with Gasteiger partial charge in [-0.15, -0.1) is 0 Å². The van der Waals surface area contributed by atoms with Crippen molar-refractivity contribution in [2.45, 2.75) is 64.3 Å². The van der Waals surface area contributed by atoms with Crippen molar-refractivity contribution >= 4 is 0 Å². The van der Waals surface area contributed by atoms with Crippen LogP contribution in [0.4, 0.5) is 0 Å². The van der Waals surface area contributed by atoms with Gasteiger partial charge < -0.3 is 5.32 Å². The van der Waals surface area contributed by atoms with Gasteiger partial charge in [0.05, 0.1) is 0 Å². The van der Waals surface area contributed by atoms with Crippen LogP contribution in [0.2, 0.25) is 0 Å². The number of hydrogen-bond donors (Lipinski definition) is 1. The summed E-state index contributed by atoms with van der Waals surface area (Å²) in [6, 6.07) is 10.0. The maximum absolute atomic E-state index is 3.67. The van der Waals surface area contributed by atoms with E-state index in [0.717, 1.165) is 12.0 Å². The minimum atomic E-state index is 0.754. The van der Waals surface area contributed by atoms with Gasteiger partial charge >= 0.3 is 0 Å². The summed E-state index contributed by atoms with van der Waals surface area (Å²) in [5, 5.41) is 3.67. The van der Waals surface area contributed by atoms with Crippen LogP contribution in [0.15, 0.2) is 24.3 Å². The van der Waals surface area contributed by atoms with E-state index in [1.54, 1.807) is 5.56 Å². The second-order valence-corrected chi connectivity index (χ2v) is 5.66. The van der Waals surface area contributed by atoms with E-state index < -0.39 is 0 Å². The summed E-state index contributed by atoms with van der Waals surface area (Å²) in [4.78, 5) is 0. The van der Waals surface area contributed by atoms with Crippen LogP contribution >= 0.6 is 0 Å². The molecule has 1 nitrogen and oxygen atoms in total. The Morgan fingerprint density at radius 1 is 1.17 bits per heavy atom. The zero-order valence-corrected chi connectivity index (χ0v) is 11.9. The largest absolute Gasteiger partial charge is 0.314 e. The Morgan fingerprint density at radius 3 is 2.83 bits per heavy atom. The SMILES string of the molecule is CCCNC1CCC(c2cccc(CCC)c2)C1. The number of rotatable bonds is 6. The number of aryl methyl sites for hydroxylation is 1. The molecule has 1 heteroatoms. The molecule has 2 rings (SSSR count). The van der Waals surface area contributed by atoms with E-state index in [0.29, 0.717) is 0 Å². The molecular weight excluding hydrogens is 218 g/mol. The van der Waals surface area contributed by atoms with Crippen molar-refractivity contribution in [1.29, 1.82) is 0 Å². The summed E-state index contributed by atoms with van der Waals surface area (Å²) in [5.74, 6) is 0.788. The third-order valence-electron chi connectivity index (χ3n) is 4.08. The van der Waals surface area contributed by atoms with Gasteiger partial charge in [0, 0.05) is 6.04 Å². The van der Waals surface area contributed by atoms with E-state index in [-0.39, 0.29) is 0 Å². The van der Waals surface area contributed by atoms with Crippen LogP contribution in [-0.4, -0.2) is 12.6 Å². The van der Waals surface area contributed by atoms with Crippen LogP contribution in [0.25, 0.3) is 0 Å². The highest BCUT2D eigenvalue weighted by Crippen LogP contribution is 2.34. The first-order valence-electron chi connectivity index (χ1n) is 7.65. The summed E-state index contributed by atoms with van der Waals surface area (Å²) in [6.45, 7) is 5.67. The monoisotopic (exact) mass is 245 g/mol. The lowest BCUT2D eigenvalue weighted by atomic mass is 9.95. The molecule has 1 N–H and O–H groups in total. The number of benzene rings is 1. The topological polar surface area (TPSA) is 12.0 Å². The lowest BCUT2D eigenvalue weighted by Gasteiger charge is -2.14. The molecule has 0 amide bonds. The average Bonchev–Trinajstić information content (AvgIpc) is 2.86. The molecule has 1 aliphatic rings. The maximum atomic E-state index is 3.67. The van der Waals surface area contributed by atoms with Crippen LogP contribution in [-0.2, 0) is 6.42 Å². The Morgan fingerprint density at radius 2 is 2.06 bits per heavy atom. The second-order valence-electron chi connectivity index (χ2n) is 5.66. The number of hydrogen-bond acceptors (Lipinski definition) is 1. The zero-order valence-electron chi connectivity index (χ0n) is 11.9. The predicted molar refractivity (Wildman–Crippen MR) is 79.1 cm³/mol. The normalized spacial score (nSPS) is 23.4. The fraction of sp³-hybridized carbons (Fsp3) is 0.647. The van der Waals surface area contributed by atoms with Gasteiger partial charge in [0.15, 0.2) is 0 Å². The van der Waals surface area contributed by atoms with E-state index >= 15 is 0 Å². The van der Waals surface area contributed by atoms with Crippen molar-refractivity contribution in [3.05, 3.63) is 35.4 Å². The van der Waals surface area contributed by atoms with Crippen LogP contribution in [0.5, 0.6) is 0 Å². The van der Waals surface area contributed by atoms with E-state index in [4.69, 9.17) is 0 Å². The molecule has 0 heterocycles. The van der Waals surface area contributed by atoms with E-state index in [1.165, 1.54) is 50.6 Å². The highest BCUT2D eigenvalue weighted by Gasteiger charge is 2.25. The summed E-state index contributed by atoms with van der Waals surface area (Å²) in [5.41, 5.74) is 3.08. The minimum Gasteiger partial charge on any atom is -0.314 e. The molecule has 2 atom stereocenters. The molecule has 0 spiro atoms. The third kappa shape index (κ3) is 3.58. The predicted octanol–water partition coefficient (Wildman–Crippen LogP) is 4.27. The molecule has 1 fully saturated rings. The first kappa shape index (κ1) is 13.6. The maximum Gasteiger partial charge on any atom is 0.00730 e. The quantitative estimate of drug-likeness (QED) is 0.789. The highest BCUT2D eigenvalue weighted by molar-refractivity contribution is 5.27. The Bertz CT molecular complexity index is 358. The molecule has 1 aromatic rings. The fourth-order valence-corrected chi connectivity index (χ4v) is 3.11. The molecule has 0 radical (unpaired) electrons. The molecule has 18 heavy (non-hydrogen) atoms. The van der Waals surface area contributed by atoms with Gasteiger partial charge in [-0.05, 0) is 55.7 Å². The van der Waals surface area contributed by atoms with Crippen LogP contribution in [0.3, 0.4) is 0 Å². The molecule has 0 saturated heterocycles. The molecule has 0 aromatic heterocycles. The Balaban J connectivity index is 1.94. The fourth-order valence-electron chi connectivity index (χ4n) is 3.11. The van der Waals surface area contributed by atoms with Gasteiger partial charge in [0.2, 0.25) is 0 Å². The molecule has 100 valence electrons. The Hall–Kier alpha value is -0.820. The minimum absolute atomic E-state index is 0.754. The molecule has 1 aliphatic carbocycles. The van der Waals surface area contributed by atoms with Crippen molar-refractivity contribution in [2.75, 3.05) is 6.54 Å². The van der Waals surface area contributed by atoms with Crippen molar-refractivity contribution in [3.63, 3.8) is 0 Å². The van der Waals surface area contributed by atoms with E-state index in [1.807, 2.05) is 0 Å². The van der Waals surface area contributed by atoms with Gasteiger partial charge in [-0.1, -0.05) is 44.5 Å². The standard InChI is InChI=1S/C17H27N/c1-3-6-14-7-5-8-15(12-14)16-9-10-17(13-16)18-11-4-2/h5,7-8,12,16-18H,3-4,6,9-11,13H2,1-2H3. The first-order chi connectivity index (χ1) is 8.83. The summed E-state index contributed by atoms with van der Waals surface area (Å²) in [6.07, 6.45) is 7.75. The van der Waals surface area contributed by atoms with Crippen molar-refractivity contribution in [3.8, 4) is 0 Å². The lowest BCUT2D eigenvalue weighted by molar-refractivity contribution is 0.517. The molecule has 0 bridgehead atoms. The van der Waals surface area contributed by atoms with Gasteiger partial charge in [-0.25, -0.2) is 0 Å². The van der Waals surface area contributed by atoms with Gasteiger partial charge in [0.25, 0.3) is 0 Å². The molecular formula is C17H27N. The van der Waals surface area contributed by atoms with Crippen molar-refractivity contribution in [2.24, 2.45) is 0 Å². The van der Waals surface area contributed by atoms with Crippen molar-refractivity contribution < 1.29 is 0 Å². The van der Waals surface area contributed by atoms with E-state index in [2.05, 4.69) is 43.4 Å². The van der Waals surface area contributed by atoms with Crippen LogP contribution < -0.4 is 5.32 Å². The molecule has 1 saturated carbocycles. The smallest absolute Gasteiger partial charge is 0.00730 e. The Labute approximate surface area is 112 Å². The van der Waals surface area contributed by atoms with Gasteiger partial charge in [0.1, 0.15) is 0 Å². The summed E-state index contributed by atoms with van der Waals surface area (Å²) >= 11 is 0. The average molecular weight is 245 g/mol. The molecule has 0 aliphatic heterocycles. The second kappa shape index (κ2) is 6.94. The number of nitrogens with one attached hydrogen (secondary N) is 1. The highest BCUT2D eigenvalue weighted by atomic mass is 14.9. The summed E-state index contributed by atoms with van der Waals surface area (Å²) < 4.78 is 0. The first-order valence-corrected chi connectivity index (χ1v) is 7.65. The molecule has 2 unspecified atom stereocenters. The van der Waals surface area contributed by atoms with Gasteiger partial charge in [-0.2, -0.15) is 0 Å². The van der Waals surface area contributed by atoms with Crippen LogP contribution in [0, 0.1) is 0 Å². The lowest BCUT2D eigenvalue weighted by Crippen LogP contribution is -2.26.